The molecule has 1 fully saturated rings. The summed E-state index contributed by atoms with van der Waals surface area (Å²) in [7, 11) is -1.42. The van der Waals surface area contributed by atoms with Crippen LogP contribution in [-0.2, 0) is 14.6 Å². The van der Waals surface area contributed by atoms with Crippen LogP contribution in [0.4, 0.5) is 0 Å². The summed E-state index contributed by atoms with van der Waals surface area (Å²) < 4.78 is 28.6. The minimum absolute atomic E-state index is 0.0901. The summed E-state index contributed by atoms with van der Waals surface area (Å²) in [4.78, 5) is 14.1. The van der Waals surface area contributed by atoms with Crippen molar-refractivity contribution in [2.24, 2.45) is 5.92 Å². The number of carbonyl (C=O) groups is 1. The lowest BCUT2D eigenvalue weighted by Gasteiger charge is -2.20. The van der Waals surface area contributed by atoms with Crippen molar-refractivity contribution in [1.29, 1.82) is 0 Å². The van der Waals surface area contributed by atoms with Gasteiger partial charge in [0.2, 0.25) is 5.91 Å². The Kier molecular flexibility index (Phi) is 6.01. The van der Waals surface area contributed by atoms with E-state index in [9.17, 15) is 13.2 Å². The van der Waals surface area contributed by atoms with E-state index in [1.54, 1.807) is 23.1 Å². The van der Waals surface area contributed by atoms with Gasteiger partial charge in [0.15, 0.2) is 9.84 Å². The van der Waals surface area contributed by atoms with Crippen LogP contribution in [0.3, 0.4) is 0 Å². The van der Waals surface area contributed by atoms with Crippen molar-refractivity contribution in [1.82, 2.24) is 10.2 Å². The summed E-state index contributed by atoms with van der Waals surface area (Å²) in [6.07, 6.45) is 2.77. The van der Waals surface area contributed by atoms with E-state index < -0.39 is 9.84 Å². The van der Waals surface area contributed by atoms with E-state index in [4.69, 9.17) is 4.74 Å². The lowest BCUT2D eigenvalue weighted by molar-refractivity contribution is -0.133. The second-order valence-electron chi connectivity index (χ2n) is 5.90. The van der Waals surface area contributed by atoms with Crippen molar-refractivity contribution in [2.45, 2.75) is 17.7 Å². The number of sulfone groups is 1. The Hall–Kier alpha value is -1.60. The van der Waals surface area contributed by atoms with E-state index in [-0.39, 0.29) is 16.7 Å². The number of nitrogens with one attached hydrogen (secondary N) is 1. The largest absolute Gasteiger partial charge is 0.493 e. The van der Waals surface area contributed by atoms with Crippen molar-refractivity contribution in [2.75, 3.05) is 39.5 Å². The van der Waals surface area contributed by atoms with Gasteiger partial charge >= 0.3 is 0 Å². The summed E-state index contributed by atoms with van der Waals surface area (Å²) >= 11 is 0. The summed E-state index contributed by atoms with van der Waals surface area (Å²) in [5.74, 6) is 0.795. The van der Waals surface area contributed by atoms with Gasteiger partial charge < -0.3 is 15.0 Å². The first-order valence-corrected chi connectivity index (χ1v) is 9.65. The maximum absolute atomic E-state index is 12.1. The van der Waals surface area contributed by atoms with Gasteiger partial charge in [0.05, 0.1) is 17.4 Å². The van der Waals surface area contributed by atoms with E-state index in [1.807, 2.05) is 7.05 Å². The minimum atomic E-state index is -3.23. The van der Waals surface area contributed by atoms with E-state index in [0.717, 1.165) is 19.5 Å². The number of rotatable bonds is 7. The molecule has 1 aromatic carbocycles. The molecule has 6 nitrogen and oxygen atoms in total. The molecular weight excluding hydrogens is 316 g/mol. The number of carbonyl (C=O) groups excluding carboxylic acids is 1. The van der Waals surface area contributed by atoms with E-state index in [0.29, 0.717) is 25.3 Å². The quantitative estimate of drug-likeness (QED) is 0.747. The fourth-order valence-corrected chi connectivity index (χ4v) is 3.23. The fraction of sp³-hybridized carbons (Fsp3) is 0.562. The van der Waals surface area contributed by atoms with Gasteiger partial charge in [0, 0.05) is 26.4 Å². The highest BCUT2D eigenvalue weighted by Gasteiger charge is 2.24. The molecule has 0 spiro atoms. The molecule has 1 aliphatic rings. The highest BCUT2D eigenvalue weighted by atomic mass is 32.2. The Balaban J connectivity index is 1.76. The maximum atomic E-state index is 12.1. The molecule has 1 aliphatic heterocycles. The van der Waals surface area contributed by atoms with E-state index in [1.165, 1.54) is 12.3 Å². The van der Waals surface area contributed by atoms with Gasteiger partial charge in [-0.15, -0.1) is 0 Å². The van der Waals surface area contributed by atoms with Gasteiger partial charge in [0.25, 0.3) is 0 Å². The van der Waals surface area contributed by atoms with Crippen molar-refractivity contribution in [3.63, 3.8) is 0 Å². The Morgan fingerprint density at radius 1 is 1.43 bits per heavy atom. The third kappa shape index (κ3) is 5.21. The van der Waals surface area contributed by atoms with Crippen molar-refractivity contribution < 1.29 is 17.9 Å². The van der Waals surface area contributed by atoms with Crippen molar-refractivity contribution in [3.8, 4) is 5.75 Å². The predicted molar refractivity (Wildman–Crippen MR) is 88.3 cm³/mol. The SMILES string of the molecule is CN(CCCOc1cccc(S(C)(=O)=O)c1)C(=O)C1CCNC1. The third-order valence-electron chi connectivity index (χ3n) is 3.93. The number of hydrogen-bond donors (Lipinski definition) is 1. The van der Waals surface area contributed by atoms with Crippen molar-refractivity contribution >= 4 is 15.7 Å². The van der Waals surface area contributed by atoms with Gasteiger partial charge in [-0.3, -0.25) is 4.79 Å². The van der Waals surface area contributed by atoms with Gasteiger partial charge in [-0.05, 0) is 37.6 Å². The predicted octanol–water partition coefficient (Wildman–Crippen LogP) is 0.927. The van der Waals surface area contributed by atoms with Crippen molar-refractivity contribution in [3.05, 3.63) is 24.3 Å². The molecule has 1 atom stereocenters. The Bertz CT molecular complexity index is 639. The molecule has 1 unspecified atom stereocenters. The molecule has 0 bridgehead atoms. The maximum Gasteiger partial charge on any atom is 0.226 e. The zero-order valence-corrected chi connectivity index (χ0v) is 14.4. The van der Waals surface area contributed by atoms with Gasteiger partial charge in [-0.1, -0.05) is 6.07 Å². The average molecular weight is 340 g/mol. The summed E-state index contributed by atoms with van der Waals surface area (Å²) in [5.41, 5.74) is 0. The second kappa shape index (κ2) is 7.79. The minimum Gasteiger partial charge on any atom is -0.493 e. The summed E-state index contributed by atoms with van der Waals surface area (Å²) in [5, 5.41) is 3.19. The lowest BCUT2D eigenvalue weighted by atomic mass is 10.1. The first-order valence-electron chi connectivity index (χ1n) is 7.76. The normalized spacial score (nSPS) is 17.9. The second-order valence-corrected chi connectivity index (χ2v) is 7.91. The molecule has 1 aromatic rings. The molecule has 7 heteroatoms. The monoisotopic (exact) mass is 340 g/mol. The highest BCUT2D eigenvalue weighted by Crippen LogP contribution is 2.17. The third-order valence-corrected chi connectivity index (χ3v) is 5.04. The van der Waals surface area contributed by atoms with Crippen LogP contribution in [0.2, 0.25) is 0 Å². The first kappa shape index (κ1) is 17.7. The van der Waals surface area contributed by atoms with E-state index >= 15 is 0 Å². The fourth-order valence-electron chi connectivity index (χ4n) is 2.57. The molecule has 0 saturated carbocycles. The average Bonchev–Trinajstić information content (AvgIpc) is 3.04. The van der Waals surface area contributed by atoms with Gasteiger partial charge in [-0.2, -0.15) is 0 Å². The molecule has 0 aromatic heterocycles. The van der Waals surface area contributed by atoms with Crippen LogP contribution < -0.4 is 10.1 Å². The summed E-state index contributed by atoms with van der Waals surface area (Å²) in [6, 6.07) is 6.46. The number of ether oxygens (including phenoxy) is 1. The van der Waals surface area contributed by atoms with Crippen LogP contribution in [0, 0.1) is 5.92 Å². The number of amides is 1. The zero-order chi connectivity index (χ0) is 16.9. The molecule has 1 saturated heterocycles. The lowest BCUT2D eigenvalue weighted by Crippen LogP contribution is -2.35. The van der Waals surface area contributed by atoms with Crippen LogP contribution >= 0.6 is 0 Å². The van der Waals surface area contributed by atoms with Gasteiger partial charge in [0.1, 0.15) is 5.75 Å². The molecule has 1 heterocycles. The number of hydrogen-bond acceptors (Lipinski definition) is 5. The molecule has 23 heavy (non-hydrogen) atoms. The molecule has 0 radical (unpaired) electrons. The zero-order valence-electron chi connectivity index (χ0n) is 13.6. The van der Waals surface area contributed by atoms with Crippen LogP contribution in [0.5, 0.6) is 5.75 Å². The van der Waals surface area contributed by atoms with Gasteiger partial charge in [-0.25, -0.2) is 8.42 Å². The van der Waals surface area contributed by atoms with Crippen LogP contribution in [0.15, 0.2) is 29.2 Å². The standard InChI is InChI=1S/C16H24N2O4S/c1-18(16(19)13-7-8-17-12-13)9-4-10-22-14-5-3-6-15(11-14)23(2,20)21/h3,5-6,11,13,17H,4,7-10,12H2,1-2H3. The van der Waals surface area contributed by atoms with Crippen LogP contribution in [0.1, 0.15) is 12.8 Å². The van der Waals surface area contributed by atoms with Crippen LogP contribution in [0.25, 0.3) is 0 Å². The molecular formula is C16H24N2O4S. The highest BCUT2D eigenvalue weighted by molar-refractivity contribution is 7.90. The van der Waals surface area contributed by atoms with Crippen LogP contribution in [-0.4, -0.2) is 58.8 Å². The summed E-state index contributed by atoms with van der Waals surface area (Å²) in [6.45, 7) is 2.73. The molecule has 1 amide bonds. The topological polar surface area (TPSA) is 75.7 Å². The Labute approximate surface area is 137 Å². The van der Waals surface area contributed by atoms with E-state index in [2.05, 4.69) is 5.32 Å². The Morgan fingerprint density at radius 3 is 2.87 bits per heavy atom. The smallest absolute Gasteiger partial charge is 0.226 e. The molecule has 2 rings (SSSR count). The number of benzene rings is 1. The first-order chi connectivity index (χ1) is 10.9. The molecule has 1 N–H and O–H groups in total. The molecule has 128 valence electrons. The Morgan fingerprint density at radius 2 is 2.22 bits per heavy atom. The molecule has 0 aliphatic carbocycles. The number of nitrogens with zero attached hydrogens (tertiary/aromatic N) is 1.